The molecule has 0 saturated heterocycles. The van der Waals surface area contributed by atoms with E-state index in [1.54, 1.807) is 10.9 Å². The smallest absolute Gasteiger partial charge is 0.327 e. The van der Waals surface area contributed by atoms with Gasteiger partial charge in [-0.15, -0.1) is 0 Å². The van der Waals surface area contributed by atoms with Crippen LogP contribution in [0.1, 0.15) is 26.7 Å². The molecule has 92 valence electrons. The van der Waals surface area contributed by atoms with E-state index in [1.165, 1.54) is 0 Å². The molecular weight excluding hydrogens is 236 g/mol. The fourth-order valence-electron chi connectivity index (χ4n) is 1.91. The van der Waals surface area contributed by atoms with Crippen molar-refractivity contribution in [1.82, 2.24) is 19.1 Å². The molecule has 2 aromatic rings. The minimum absolute atomic E-state index is 0.189. The molecule has 2 heterocycles. The molecule has 0 aromatic carbocycles. The van der Waals surface area contributed by atoms with E-state index in [9.17, 15) is 4.79 Å². The summed E-state index contributed by atoms with van der Waals surface area (Å²) in [5, 5.41) is 0. The van der Waals surface area contributed by atoms with Gasteiger partial charge in [0.05, 0.1) is 6.33 Å². The lowest BCUT2D eigenvalue weighted by atomic mass is 10.3. The van der Waals surface area contributed by atoms with E-state index in [1.807, 2.05) is 11.5 Å². The Kier molecular flexibility index (Phi) is 3.42. The van der Waals surface area contributed by atoms with Crippen molar-refractivity contribution in [2.75, 3.05) is 0 Å². The fourth-order valence-corrected chi connectivity index (χ4v) is 2.21. The van der Waals surface area contributed by atoms with Crippen molar-refractivity contribution >= 4 is 23.4 Å². The van der Waals surface area contributed by atoms with Crippen LogP contribution >= 0.6 is 12.2 Å². The monoisotopic (exact) mass is 252 g/mol. The molecule has 0 amide bonds. The highest BCUT2D eigenvalue weighted by molar-refractivity contribution is 7.71. The third-order valence-corrected chi connectivity index (χ3v) is 3.12. The predicted molar refractivity (Wildman–Crippen MR) is 69.8 cm³/mol. The standard InChI is InChI=1S/C11H16N4OS/c1-3-5-6-14-7-12-9-8(14)10(17)13-11(16)15(9)4-2/h7H,3-6H2,1-2H3,(H,13,16,17). The quantitative estimate of drug-likeness (QED) is 0.848. The van der Waals surface area contributed by atoms with Gasteiger partial charge < -0.3 is 4.57 Å². The summed E-state index contributed by atoms with van der Waals surface area (Å²) in [7, 11) is 0. The summed E-state index contributed by atoms with van der Waals surface area (Å²) < 4.78 is 4.10. The first-order chi connectivity index (χ1) is 8.19. The van der Waals surface area contributed by atoms with E-state index in [-0.39, 0.29) is 5.69 Å². The van der Waals surface area contributed by atoms with Gasteiger partial charge in [-0.1, -0.05) is 25.6 Å². The molecule has 5 nitrogen and oxygen atoms in total. The van der Waals surface area contributed by atoms with Gasteiger partial charge in [-0.25, -0.2) is 9.78 Å². The zero-order valence-corrected chi connectivity index (χ0v) is 10.9. The van der Waals surface area contributed by atoms with E-state index >= 15 is 0 Å². The first-order valence-corrected chi connectivity index (χ1v) is 6.27. The van der Waals surface area contributed by atoms with Gasteiger partial charge in [-0.05, 0) is 13.3 Å². The van der Waals surface area contributed by atoms with Gasteiger partial charge in [0.1, 0.15) is 10.2 Å². The van der Waals surface area contributed by atoms with Crippen molar-refractivity contribution in [2.45, 2.75) is 39.8 Å². The minimum Gasteiger partial charge on any atom is -0.327 e. The number of H-pyrrole nitrogens is 1. The molecule has 0 atom stereocenters. The summed E-state index contributed by atoms with van der Waals surface area (Å²) in [6, 6.07) is 0. The predicted octanol–water partition coefficient (Wildman–Crippen LogP) is 2.08. The van der Waals surface area contributed by atoms with Gasteiger partial charge in [0.15, 0.2) is 5.65 Å². The van der Waals surface area contributed by atoms with Gasteiger partial charge in [0.2, 0.25) is 0 Å². The van der Waals surface area contributed by atoms with Crippen LogP contribution in [0.2, 0.25) is 0 Å². The van der Waals surface area contributed by atoms with Crippen LogP contribution < -0.4 is 5.69 Å². The van der Waals surface area contributed by atoms with Gasteiger partial charge in [-0.3, -0.25) is 9.55 Å². The molecule has 0 aliphatic carbocycles. The number of nitrogens with zero attached hydrogens (tertiary/aromatic N) is 3. The number of rotatable bonds is 4. The van der Waals surface area contributed by atoms with E-state index in [0.717, 1.165) is 24.9 Å². The van der Waals surface area contributed by atoms with Gasteiger partial charge in [0.25, 0.3) is 0 Å². The van der Waals surface area contributed by atoms with Gasteiger partial charge in [-0.2, -0.15) is 0 Å². The third kappa shape index (κ3) is 2.04. The number of nitrogens with one attached hydrogen (secondary N) is 1. The Balaban J connectivity index is 2.68. The number of imidazole rings is 1. The van der Waals surface area contributed by atoms with Crippen molar-refractivity contribution in [3.05, 3.63) is 21.5 Å². The third-order valence-electron chi connectivity index (χ3n) is 2.82. The SMILES string of the molecule is CCCCn1cnc2c1c(=S)[nH]c(=O)n2CC. The second kappa shape index (κ2) is 4.83. The number of aromatic nitrogens is 4. The van der Waals surface area contributed by atoms with E-state index in [0.29, 0.717) is 16.8 Å². The van der Waals surface area contributed by atoms with Crippen molar-refractivity contribution in [2.24, 2.45) is 0 Å². The lowest BCUT2D eigenvalue weighted by Crippen LogP contribution is -2.23. The van der Waals surface area contributed by atoms with Gasteiger partial charge in [0, 0.05) is 13.1 Å². The van der Waals surface area contributed by atoms with E-state index in [2.05, 4.69) is 16.9 Å². The highest BCUT2D eigenvalue weighted by Gasteiger charge is 2.09. The molecule has 1 N–H and O–H groups in total. The van der Waals surface area contributed by atoms with E-state index < -0.39 is 0 Å². The summed E-state index contributed by atoms with van der Waals surface area (Å²) in [5.41, 5.74) is 1.35. The maximum atomic E-state index is 11.7. The largest absolute Gasteiger partial charge is 0.328 e. The number of hydrogen-bond acceptors (Lipinski definition) is 3. The Hall–Kier alpha value is -1.43. The van der Waals surface area contributed by atoms with Crippen LogP contribution in [-0.2, 0) is 13.1 Å². The summed E-state index contributed by atoms with van der Waals surface area (Å²) in [6.45, 7) is 5.53. The van der Waals surface area contributed by atoms with Crippen molar-refractivity contribution < 1.29 is 0 Å². The number of aryl methyl sites for hydroxylation is 2. The maximum absolute atomic E-state index is 11.7. The Morgan fingerprint density at radius 1 is 1.47 bits per heavy atom. The first kappa shape index (κ1) is 12.0. The van der Waals surface area contributed by atoms with E-state index in [4.69, 9.17) is 12.2 Å². The van der Waals surface area contributed by atoms with Crippen LogP contribution in [0.25, 0.3) is 11.2 Å². The van der Waals surface area contributed by atoms with Crippen LogP contribution in [0.5, 0.6) is 0 Å². The fraction of sp³-hybridized carbons (Fsp3) is 0.545. The molecule has 0 saturated carbocycles. The molecule has 17 heavy (non-hydrogen) atoms. The molecule has 0 radical (unpaired) electrons. The van der Waals surface area contributed by atoms with Crippen LogP contribution in [-0.4, -0.2) is 19.1 Å². The molecule has 6 heteroatoms. The zero-order valence-electron chi connectivity index (χ0n) is 10.1. The highest BCUT2D eigenvalue weighted by Crippen LogP contribution is 2.12. The minimum atomic E-state index is -0.189. The molecular formula is C11H16N4OS. The van der Waals surface area contributed by atoms with Crippen molar-refractivity contribution in [1.29, 1.82) is 0 Å². The first-order valence-electron chi connectivity index (χ1n) is 5.87. The number of fused-ring (bicyclic) bond motifs is 1. The number of aromatic amines is 1. The van der Waals surface area contributed by atoms with Crippen LogP contribution in [0, 0.1) is 4.64 Å². The maximum Gasteiger partial charge on any atom is 0.328 e. The molecule has 0 aliphatic rings. The topological polar surface area (TPSA) is 55.6 Å². The Labute approximate surface area is 104 Å². The van der Waals surface area contributed by atoms with Gasteiger partial charge >= 0.3 is 5.69 Å². The summed E-state index contributed by atoms with van der Waals surface area (Å²) in [5.74, 6) is 0. The summed E-state index contributed by atoms with van der Waals surface area (Å²) in [6.07, 6.45) is 3.95. The molecule has 0 aliphatic heterocycles. The number of hydrogen-bond donors (Lipinski definition) is 1. The Bertz CT molecular complexity index is 637. The second-order valence-electron chi connectivity index (χ2n) is 3.97. The van der Waals surface area contributed by atoms with Crippen molar-refractivity contribution in [3.8, 4) is 0 Å². The molecule has 2 rings (SSSR count). The normalized spacial score (nSPS) is 11.2. The summed E-state index contributed by atoms with van der Waals surface area (Å²) >= 11 is 5.21. The van der Waals surface area contributed by atoms with Crippen molar-refractivity contribution in [3.63, 3.8) is 0 Å². The van der Waals surface area contributed by atoms with Crippen LogP contribution in [0.4, 0.5) is 0 Å². The molecule has 0 unspecified atom stereocenters. The Morgan fingerprint density at radius 3 is 2.88 bits per heavy atom. The average Bonchev–Trinajstić information content (AvgIpc) is 2.71. The zero-order chi connectivity index (χ0) is 12.4. The second-order valence-corrected chi connectivity index (χ2v) is 4.38. The number of unbranched alkanes of at least 4 members (excludes halogenated alkanes) is 1. The molecule has 2 aromatic heterocycles. The molecule has 0 spiro atoms. The molecule has 0 bridgehead atoms. The van der Waals surface area contributed by atoms with Crippen LogP contribution in [0.15, 0.2) is 11.1 Å². The lowest BCUT2D eigenvalue weighted by Gasteiger charge is -2.05. The average molecular weight is 252 g/mol. The lowest BCUT2D eigenvalue weighted by molar-refractivity contribution is 0.643. The highest BCUT2D eigenvalue weighted by atomic mass is 32.1. The molecule has 0 fully saturated rings. The van der Waals surface area contributed by atoms with Crippen LogP contribution in [0.3, 0.4) is 0 Å². The summed E-state index contributed by atoms with van der Waals surface area (Å²) in [4.78, 5) is 18.7. The Morgan fingerprint density at radius 2 is 2.24 bits per heavy atom.